The van der Waals surface area contributed by atoms with Gasteiger partial charge < -0.3 is 10.2 Å². The lowest BCUT2D eigenvalue weighted by Gasteiger charge is -2.32. The normalized spacial score (nSPS) is 24.3. The summed E-state index contributed by atoms with van der Waals surface area (Å²) in [6.45, 7) is 3.94. The van der Waals surface area contributed by atoms with Gasteiger partial charge in [-0.25, -0.2) is 0 Å². The van der Waals surface area contributed by atoms with Crippen molar-refractivity contribution in [3.8, 4) is 0 Å². The number of nitrogens with zero attached hydrogens (tertiary/aromatic N) is 1. The molecule has 23 heavy (non-hydrogen) atoms. The Morgan fingerprint density at radius 1 is 1.30 bits per heavy atom. The largest absolute Gasteiger partial charge is 0.356 e. The maximum Gasteiger partial charge on any atom is 0.226 e. The molecule has 1 aromatic carbocycles. The number of hydrogen-bond donors (Lipinski definition) is 1. The zero-order valence-corrected chi connectivity index (χ0v) is 15.0. The molecule has 0 bridgehead atoms. The molecule has 2 fully saturated rings. The molecule has 124 valence electrons. The summed E-state index contributed by atoms with van der Waals surface area (Å²) in [5.41, 5.74) is 1.26. The average molecular weight is 379 g/mol. The molecule has 1 saturated heterocycles. The molecule has 3 rings (SSSR count). The zero-order valence-electron chi connectivity index (χ0n) is 13.4. The molecule has 2 aliphatic rings. The first-order valence-electron chi connectivity index (χ1n) is 8.33. The second kappa shape index (κ2) is 7.04. The maximum atomic E-state index is 12.6. The number of benzene rings is 1. The van der Waals surface area contributed by atoms with E-state index in [1.165, 1.54) is 5.56 Å². The average Bonchev–Trinajstić information content (AvgIpc) is 3.33. The van der Waals surface area contributed by atoms with Crippen LogP contribution in [0, 0.1) is 11.8 Å². The van der Waals surface area contributed by atoms with Crippen LogP contribution in [0.15, 0.2) is 28.7 Å². The van der Waals surface area contributed by atoms with Crippen LogP contribution in [0.1, 0.15) is 37.7 Å². The Morgan fingerprint density at radius 2 is 2.04 bits per heavy atom. The monoisotopic (exact) mass is 378 g/mol. The van der Waals surface area contributed by atoms with Crippen LogP contribution < -0.4 is 5.32 Å². The summed E-state index contributed by atoms with van der Waals surface area (Å²) >= 11 is 3.50. The molecular weight excluding hydrogens is 356 g/mol. The Bertz CT molecular complexity index is 596. The van der Waals surface area contributed by atoms with Gasteiger partial charge in [0.1, 0.15) is 0 Å². The third-order valence-electron chi connectivity index (χ3n) is 4.95. The molecule has 1 saturated carbocycles. The van der Waals surface area contributed by atoms with E-state index >= 15 is 0 Å². The molecule has 0 unspecified atom stereocenters. The molecule has 0 aromatic heterocycles. The van der Waals surface area contributed by atoms with Crippen LogP contribution in [-0.2, 0) is 9.59 Å². The van der Waals surface area contributed by atoms with E-state index in [4.69, 9.17) is 0 Å². The van der Waals surface area contributed by atoms with Crippen molar-refractivity contribution >= 4 is 27.7 Å². The minimum atomic E-state index is 0.0263. The number of amides is 2. The van der Waals surface area contributed by atoms with E-state index in [0.29, 0.717) is 17.7 Å². The first kappa shape index (κ1) is 16.5. The zero-order chi connectivity index (χ0) is 16.4. The standard InChI is InChI=1S/C18H23BrN2O2/c1-12(22)20-11-13-5-7-21(8-6-13)18(23)17-10-16(17)14-3-2-4-15(19)9-14/h2-4,9,13,16-17H,5-8,10-11H2,1H3,(H,20,22)/t16-,17+/m0/s1. The van der Waals surface area contributed by atoms with Crippen molar-refractivity contribution in [2.24, 2.45) is 11.8 Å². The van der Waals surface area contributed by atoms with Crippen molar-refractivity contribution in [1.82, 2.24) is 10.2 Å². The summed E-state index contributed by atoms with van der Waals surface area (Å²) in [5, 5.41) is 2.88. The summed E-state index contributed by atoms with van der Waals surface area (Å²) in [5.74, 6) is 1.39. The Balaban J connectivity index is 1.48. The van der Waals surface area contributed by atoms with Gasteiger partial charge in [0.2, 0.25) is 11.8 Å². The van der Waals surface area contributed by atoms with Crippen LogP contribution in [0.2, 0.25) is 0 Å². The first-order chi connectivity index (χ1) is 11.0. The molecule has 1 aromatic rings. The van der Waals surface area contributed by atoms with Crippen LogP contribution in [0.5, 0.6) is 0 Å². The quantitative estimate of drug-likeness (QED) is 0.875. The van der Waals surface area contributed by atoms with E-state index in [0.717, 1.165) is 43.4 Å². The van der Waals surface area contributed by atoms with Crippen LogP contribution >= 0.6 is 15.9 Å². The number of carbonyl (C=O) groups is 2. The second-order valence-corrected chi connectivity index (χ2v) is 7.63. The van der Waals surface area contributed by atoms with Crippen LogP contribution in [0.25, 0.3) is 0 Å². The highest BCUT2D eigenvalue weighted by Crippen LogP contribution is 2.49. The Hall–Kier alpha value is -1.36. The molecule has 5 heteroatoms. The van der Waals surface area contributed by atoms with Crippen LogP contribution in [0.4, 0.5) is 0 Å². The molecule has 1 aliphatic heterocycles. The summed E-state index contributed by atoms with van der Waals surface area (Å²) in [4.78, 5) is 25.6. The van der Waals surface area contributed by atoms with Crippen molar-refractivity contribution in [2.45, 2.75) is 32.1 Å². The van der Waals surface area contributed by atoms with E-state index in [2.05, 4.69) is 33.4 Å². The van der Waals surface area contributed by atoms with Gasteiger partial charge >= 0.3 is 0 Å². The highest BCUT2D eigenvalue weighted by atomic mass is 79.9. The number of carbonyl (C=O) groups excluding carboxylic acids is 2. The van der Waals surface area contributed by atoms with Gasteiger partial charge in [-0.15, -0.1) is 0 Å². The minimum absolute atomic E-state index is 0.0263. The van der Waals surface area contributed by atoms with Crippen molar-refractivity contribution in [2.75, 3.05) is 19.6 Å². The molecule has 2 atom stereocenters. The van der Waals surface area contributed by atoms with Gasteiger partial charge in [-0.05, 0) is 48.8 Å². The predicted octanol–water partition coefficient (Wildman–Crippen LogP) is 2.93. The lowest BCUT2D eigenvalue weighted by molar-refractivity contribution is -0.134. The SMILES string of the molecule is CC(=O)NCC1CCN(C(=O)[C@@H]2C[C@H]2c2cccc(Br)c2)CC1. The smallest absolute Gasteiger partial charge is 0.226 e. The van der Waals surface area contributed by atoms with Crippen LogP contribution in [-0.4, -0.2) is 36.3 Å². The van der Waals surface area contributed by atoms with E-state index in [-0.39, 0.29) is 11.8 Å². The summed E-state index contributed by atoms with van der Waals surface area (Å²) in [7, 11) is 0. The summed E-state index contributed by atoms with van der Waals surface area (Å²) < 4.78 is 1.08. The van der Waals surface area contributed by atoms with Gasteiger partial charge in [-0.3, -0.25) is 9.59 Å². The van der Waals surface area contributed by atoms with Crippen molar-refractivity contribution in [1.29, 1.82) is 0 Å². The number of likely N-dealkylation sites (tertiary alicyclic amines) is 1. The number of nitrogens with one attached hydrogen (secondary N) is 1. The van der Waals surface area contributed by atoms with E-state index in [9.17, 15) is 9.59 Å². The van der Waals surface area contributed by atoms with Gasteiger partial charge in [0, 0.05) is 36.9 Å². The fraction of sp³-hybridized carbons (Fsp3) is 0.556. The molecule has 1 aliphatic carbocycles. The Morgan fingerprint density at radius 3 is 2.70 bits per heavy atom. The number of piperidine rings is 1. The van der Waals surface area contributed by atoms with Gasteiger partial charge in [-0.2, -0.15) is 0 Å². The highest BCUT2D eigenvalue weighted by molar-refractivity contribution is 9.10. The third-order valence-corrected chi connectivity index (χ3v) is 5.44. The Kier molecular flexibility index (Phi) is 5.05. The first-order valence-corrected chi connectivity index (χ1v) is 9.12. The second-order valence-electron chi connectivity index (χ2n) is 6.71. The minimum Gasteiger partial charge on any atom is -0.356 e. The topological polar surface area (TPSA) is 49.4 Å². The number of hydrogen-bond acceptors (Lipinski definition) is 2. The van der Waals surface area contributed by atoms with E-state index < -0.39 is 0 Å². The third kappa shape index (κ3) is 4.14. The predicted molar refractivity (Wildman–Crippen MR) is 93.0 cm³/mol. The maximum absolute atomic E-state index is 12.6. The van der Waals surface area contributed by atoms with Gasteiger partial charge in [-0.1, -0.05) is 28.1 Å². The fourth-order valence-corrected chi connectivity index (χ4v) is 3.87. The molecule has 4 nitrogen and oxygen atoms in total. The summed E-state index contributed by atoms with van der Waals surface area (Å²) in [6, 6.07) is 8.29. The molecular formula is C18H23BrN2O2. The number of rotatable bonds is 4. The van der Waals surface area contributed by atoms with Crippen molar-refractivity contribution < 1.29 is 9.59 Å². The van der Waals surface area contributed by atoms with Crippen LogP contribution in [0.3, 0.4) is 0 Å². The molecule has 0 radical (unpaired) electrons. The lowest BCUT2D eigenvalue weighted by Crippen LogP contribution is -2.42. The molecule has 1 N–H and O–H groups in total. The van der Waals surface area contributed by atoms with Gasteiger partial charge in [0.05, 0.1) is 0 Å². The Labute approximate surface area is 145 Å². The highest BCUT2D eigenvalue weighted by Gasteiger charge is 2.46. The van der Waals surface area contributed by atoms with E-state index in [1.54, 1.807) is 6.92 Å². The van der Waals surface area contributed by atoms with Crippen molar-refractivity contribution in [3.05, 3.63) is 34.3 Å². The lowest BCUT2D eigenvalue weighted by atomic mass is 9.96. The molecule has 0 spiro atoms. The molecule has 1 heterocycles. The van der Waals surface area contributed by atoms with E-state index in [1.807, 2.05) is 17.0 Å². The van der Waals surface area contributed by atoms with Crippen molar-refractivity contribution in [3.63, 3.8) is 0 Å². The van der Waals surface area contributed by atoms with Gasteiger partial charge in [0.25, 0.3) is 0 Å². The fourth-order valence-electron chi connectivity index (χ4n) is 3.45. The summed E-state index contributed by atoms with van der Waals surface area (Å²) in [6.07, 6.45) is 2.95. The van der Waals surface area contributed by atoms with Gasteiger partial charge in [0.15, 0.2) is 0 Å². The molecule has 2 amide bonds. The number of halogens is 1.